The molecule has 0 aromatic rings. The van der Waals surface area contributed by atoms with E-state index in [9.17, 15) is 0 Å². The Balaban J connectivity index is 0.000000162. The standard InChI is InChI=1S/C3H6O2.C2H4/c1-2-5-3-4-1;1-2/h1-3H2;1-2H2. The molecule has 0 bridgehead atoms. The van der Waals surface area contributed by atoms with Gasteiger partial charge in [0.05, 0.1) is 13.2 Å². The van der Waals surface area contributed by atoms with Gasteiger partial charge in [-0.1, -0.05) is 0 Å². The van der Waals surface area contributed by atoms with Crippen LogP contribution in [0.2, 0.25) is 0 Å². The molecule has 0 spiro atoms. The smallest absolute Gasteiger partial charge is 0.146 e. The van der Waals surface area contributed by atoms with Crippen molar-refractivity contribution in [1.82, 2.24) is 0 Å². The van der Waals surface area contributed by atoms with Crippen LogP contribution in [-0.4, -0.2) is 20.0 Å². The van der Waals surface area contributed by atoms with E-state index in [1.54, 1.807) is 0 Å². The first-order chi connectivity index (χ1) is 3.50. The third-order valence-corrected chi connectivity index (χ3v) is 0.539. The van der Waals surface area contributed by atoms with Crippen LogP contribution < -0.4 is 0 Å². The molecule has 0 amide bonds. The summed E-state index contributed by atoms with van der Waals surface area (Å²) in [6, 6.07) is 0. The van der Waals surface area contributed by atoms with E-state index < -0.39 is 0 Å². The Hall–Kier alpha value is -0.340. The maximum absolute atomic E-state index is 4.72. The van der Waals surface area contributed by atoms with Crippen molar-refractivity contribution < 1.29 is 9.47 Å². The van der Waals surface area contributed by atoms with E-state index in [4.69, 9.17) is 9.47 Å². The lowest BCUT2D eigenvalue weighted by Crippen LogP contribution is -1.79. The quantitative estimate of drug-likeness (QED) is 0.421. The van der Waals surface area contributed by atoms with Gasteiger partial charge in [-0.25, -0.2) is 0 Å². The molecule has 1 heterocycles. The summed E-state index contributed by atoms with van der Waals surface area (Å²) >= 11 is 0. The third kappa shape index (κ3) is 3.49. The van der Waals surface area contributed by atoms with Crippen LogP contribution >= 0.6 is 0 Å². The van der Waals surface area contributed by atoms with Gasteiger partial charge in [-0.2, -0.15) is 0 Å². The van der Waals surface area contributed by atoms with Crippen LogP contribution in [0.5, 0.6) is 0 Å². The molecule has 2 nitrogen and oxygen atoms in total. The zero-order valence-electron chi connectivity index (χ0n) is 4.35. The molecule has 1 fully saturated rings. The molecule has 0 atom stereocenters. The minimum atomic E-state index is 0.500. The van der Waals surface area contributed by atoms with Gasteiger partial charge < -0.3 is 9.47 Å². The highest BCUT2D eigenvalue weighted by molar-refractivity contribution is 4.28. The van der Waals surface area contributed by atoms with Gasteiger partial charge in [-0.3, -0.25) is 0 Å². The van der Waals surface area contributed by atoms with Crippen LogP contribution in [0.15, 0.2) is 13.2 Å². The summed E-state index contributed by atoms with van der Waals surface area (Å²) in [6.45, 7) is 8.06. The highest BCUT2D eigenvalue weighted by Crippen LogP contribution is 1.85. The van der Waals surface area contributed by atoms with Crippen molar-refractivity contribution in [3.05, 3.63) is 13.2 Å². The van der Waals surface area contributed by atoms with Gasteiger partial charge in [0.25, 0.3) is 0 Å². The Labute approximate surface area is 43.7 Å². The highest BCUT2D eigenvalue weighted by Gasteiger charge is 1.93. The summed E-state index contributed by atoms with van der Waals surface area (Å²) in [5, 5.41) is 0. The Kier molecular flexibility index (Phi) is 5.39. The molecule has 0 saturated carbocycles. The Morgan fingerprint density at radius 3 is 1.57 bits per heavy atom. The molecule has 0 aromatic carbocycles. The van der Waals surface area contributed by atoms with Crippen molar-refractivity contribution in [2.24, 2.45) is 0 Å². The number of hydrogen-bond donors (Lipinski definition) is 0. The molecule has 2 heteroatoms. The number of hydrogen-bond acceptors (Lipinski definition) is 2. The van der Waals surface area contributed by atoms with E-state index in [0.717, 1.165) is 13.2 Å². The molecule has 0 aromatic heterocycles. The normalized spacial score (nSPS) is 17.7. The first kappa shape index (κ1) is 6.66. The van der Waals surface area contributed by atoms with Crippen LogP contribution in [-0.2, 0) is 9.47 Å². The summed E-state index contributed by atoms with van der Waals surface area (Å²) in [7, 11) is 0. The van der Waals surface area contributed by atoms with Gasteiger partial charge in [0, 0.05) is 0 Å². The van der Waals surface area contributed by atoms with Crippen molar-refractivity contribution in [2.75, 3.05) is 20.0 Å². The van der Waals surface area contributed by atoms with Crippen molar-refractivity contribution in [2.45, 2.75) is 0 Å². The van der Waals surface area contributed by atoms with E-state index in [-0.39, 0.29) is 0 Å². The van der Waals surface area contributed by atoms with Crippen LogP contribution in [0.25, 0.3) is 0 Å². The molecule has 0 radical (unpaired) electrons. The second-order valence-corrected chi connectivity index (χ2v) is 0.934. The zero-order chi connectivity index (χ0) is 5.54. The molecule has 0 unspecified atom stereocenters. The summed E-state index contributed by atoms with van der Waals surface area (Å²) < 4.78 is 9.44. The fourth-order valence-electron chi connectivity index (χ4n) is 0.295. The van der Waals surface area contributed by atoms with Crippen molar-refractivity contribution in [3.63, 3.8) is 0 Å². The van der Waals surface area contributed by atoms with Crippen molar-refractivity contribution >= 4 is 0 Å². The van der Waals surface area contributed by atoms with Crippen LogP contribution in [0, 0.1) is 0 Å². The Morgan fingerprint density at radius 1 is 1.00 bits per heavy atom. The lowest BCUT2D eigenvalue weighted by Gasteiger charge is -1.76. The molecule has 0 N–H and O–H groups in total. The topological polar surface area (TPSA) is 18.5 Å². The molecule has 1 saturated heterocycles. The van der Waals surface area contributed by atoms with Gasteiger partial charge in [-0.15, -0.1) is 13.2 Å². The molecular formula is C5H10O2. The minimum absolute atomic E-state index is 0.500. The minimum Gasteiger partial charge on any atom is -0.353 e. The van der Waals surface area contributed by atoms with Gasteiger partial charge >= 0.3 is 0 Å². The number of rotatable bonds is 0. The fourth-order valence-corrected chi connectivity index (χ4v) is 0.295. The second kappa shape index (κ2) is 5.66. The van der Waals surface area contributed by atoms with E-state index in [2.05, 4.69) is 13.2 Å². The summed E-state index contributed by atoms with van der Waals surface area (Å²) in [4.78, 5) is 0. The Bertz CT molecular complexity index is 25.5. The monoisotopic (exact) mass is 102 g/mol. The van der Waals surface area contributed by atoms with Crippen molar-refractivity contribution in [3.8, 4) is 0 Å². The van der Waals surface area contributed by atoms with E-state index >= 15 is 0 Å². The first-order valence-electron chi connectivity index (χ1n) is 2.15. The van der Waals surface area contributed by atoms with Crippen LogP contribution in [0.4, 0.5) is 0 Å². The first-order valence-corrected chi connectivity index (χ1v) is 2.15. The maximum Gasteiger partial charge on any atom is 0.146 e. The molecule has 42 valence electrons. The molecule has 1 aliphatic heterocycles. The molecule has 7 heavy (non-hydrogen) atoms. The second-order valence-electron chi connectivity index (χ2n) is 0.934. The predicted octanol–water partition coefficient (Wildman–Crippen LogP) is 0.793. The molecule has 0 aliphatic carbocycles. The summed E-state index contributed by atoms with van der Waals surface area (Å²) in [5.74, 6) is 0. The lowest BCUT2D eigenvalue weighted by molar-refractivity contribution is 0.0692. The average Bonchev–Trinajstić information content (AvgIpc) is 2.23. The Morgan fingerprint density at radius 2 is 1.43 bits per heavy atom. The van der Waals surface area contributed by atoms with Crippen molar-refractivity contribution in [1.29, 1.82) is 0 Å². The van der Waals surface area contributed by atoms with E-state index in [0.29, 0.717) is 6.79 Å². The van der Waals surface area contributed by atoms with E-state index in [1.807, 2.05) is 0 Å². The maximum atomic E-state index is 4.72. The van der Waals surface area contributed by atoms with Crippen LogP contribution in [0.1, 0.15) is 0 Å². The van der Waals surface area contributed by atoms with Gasteiger partial charge in [0.15, 0.2) is 0 Å². The largest absolute Gasteiger partial charge is 0.353 e. The zero-order valence-corrected chi connectivity index (χ0v) is 4.35. The number of ether oxygens (including phenoxy) is 2. The SMILES string of the molecule is C1COCO1.C=C. The third-order valence-electron chi connectivity index (χ3n) is 0.539. The molecule has 1 aliphatic rings. The summed E-state index contributed by atoms with van der Waals surface area (Å²) in [5.41, 5.74) is 0. The highest BCUT2D eigenvalue weighted by atomic mass is 16.7. The van der Waals surface area contributed by atoms with Crippen LogP contribution in [0.3, 0.4) is 0 Å². The summed E-state index contributed by atoms with van der Waals surface area (Å²) in [6.07, 6.45) is 0. The van der Waals surface area contributed by atoms with Gasteiger partial charge in [-0.05, 0) is 0 Å². The fraction of sp³-hybridized carbons (Fsp3) is 0.600. The van der Waals surface area contributed by atoms with Gasteiger partial charge in [0.2, 0.25) is 0 Å². The predicted molar refractivity (Wildman–Crippen MR) is 28.0 cm³/mol. The molecular weight excluding hydrogens is 92.1 g/mol. The van der Waals surface area contributed by atoms with E-state index in [1.165, 1.54) is 0 Å². The molecule has 1 rings (SSSR count). The lowest BCUT2D eigenvalue weighted by atomic mass is 10.8. The van der Waals surface area contributed by atoms with Gasteiger partial charge in [0.1, 0.15) is 6.79 Å². The average molecular weight is 102 g/mol.